The van der Waals surface area contributed by atoms with Crippen LogP contribution in [-0.4, -0.2) is 27.8 Å². The van der Waals surface area contributed by atoms with Gasteiger partial charge in [-0.25, -0.2) is 0 Å². The Morgan fingerprint density at radius 1 is 1.67 bits per heavy atom. The van der Waals surface area contributed by atoms with E-state index in [4.69, 9.17) is 0 Å². The van der Waals surface area contributed by atoms with Gasteiger partial charge in [-0.1, -0.05) is 13.8 Å². The quantitative estimate of drug-likeness (QED) is 0.434. The number of nitrogens with one attached hydrogen (secondary N) is 1. The van der Waals surface area contributed by atoms with Crippen LogP contribution in [0.3, 0.4) is 0 Å². The van der Waals surface area contributed by atoms with Crippen molar-refractivity contribution in [2.75, 3.05) is 13.1 Å². The molecule has 0 amide bonds. The van der Waals surface area contributed by atoms with Crippen LogP contribution in [0.25, 0.3) is 0 Å². The summed E-state index contributed by atoms with van der Waals surface area (Å²) in [4.78, 5) is 9.93. The molecule has 1 aromatic heterocycles. The minimum atomic E-state index is -0.439. The highest BCUT2D eigenvalue weighted by Crippen LogP contribution is 2.06. The molecule has 84 valence electrons. The predicted octanol–water partition coefficient (Wildman–Crippen LogP) is 1.04. The third kappa shape index (κ3) is 4.07. The molecule has 0 aromatic carbocycles. The average molecular weight is 212 g/mol. The lowest BCUT2D eigenvalue weighted by molar-refractivity contribution is -0.385. The summed E-state index contributed by atoms with van der Waals surface area (Å²) in [7, 11) is 0. The number of rotatable bonds is 6. The van der Waals surface area contributed by atoms with Gasteiger partial charge in [0.05, 0.1) is 11.5 Å². The SMILES string of the molecule is CC(C)CNCCn1cc([N+](=O)[O-])cn1. The second kappa shape index (κ2) is 5.45. The summed E-state index contributed by atoms with van der Waals surface area (Å²) in [6.45, 7) is 6.64. The Bertz CT molecular complexity index is 322. The Morgan fingerprint density at radius 2 is 2.40 bits per heavy atom. The number of hydrogen-bond donors (Lipinski definition) is 1. The molecule has 0 radical (unpaired) electrons. The van der Waals surface area contributed by atoms with Crippen molar-refractivity contribution < 1.29 is 4.92 Å². The maximum atomic E-state index is 10.4. The zero-order valence-electron chi connectivity index (χ0n) is 9.01. The fourth-order valence-corrected chi connectivity index (χ4v) is 1.15. The largest absolute Gasteiger partial charge is 0.315 e. The highest BCUT2D eigenvalue weighted by molar-refractivity contribution is 5.20. The standard InChI is InChI=1S/C9H16N4O2/c1-8(2)5-10-3-4-12-7-9(6-11-12)13(14)15/h6-8,10H,3-5H2,1-2H3. The van der Waals surface area contributed by atoms with E-state index in [2.05, 4.69) is 24.3 Å². The second-order valence-corrected chi connectivity index (χ2v) is 3.82. The zero-order chi connectivity index (χ0) is 11.3. The monoisotopic (exact) mass is 212 g/mol. The lowest BCUT2D eigenvalue weighted by Crippen LogP contribution is -2.24. The summed E-state index contributed by atoms with van der Waals surface area (Å²) in [5, 5.41) is 17.5. The Hall–Kier alpha value is -1.43. The van der Waals surface area contributed by atoms with Crippen molar-refractivity contribution in [1.82, 2.24) is 15.1 Å². The number of nitro groups is 1. The summed E-state index contributed by atoms with van der Waals surface area (Å²) in [6, 6.07) is 0. The topological polar surface area (TPSA) is 73.0 Å². The normalized spacial score (nSPS) is 10.9. The van der Waals surface area contributed by atoms with Crippen molar-refractivity contribution in [3.8, 4) is 0 Å². The Labute approximate surface area is 88.4 Å². The molecule has 0 spiro atoms. The van der Waals surface area contributed by atoms with E-state index in [9.17, 15) is 10.1 Å². The van der Waals surface area contributed by atoms with Crippen molar-refractivity contribution in [2.24, 2.45) is 5.92 Å². The molecule has 1 N–H and O–H groups in total. The first-order valence-corrected chi connectivity index (χ1v) is 4.97. The highest BCUT2D eigenvalue weighted by atomic mass is 16.6. The van der Waals surface area contributed by atoms with Crippen LogP contribution in [0.4, 0.5) is 5.69 Å². The molecular formula is C9H16N4O2. The van der Waals surface area contributed by atoms with Crippen LogP contribution in [0.15, 0.2) is 12.4 Å². The molecule has 0 bridgehead atoms. The molecule has 6 heteroatoms. The van der Waals surface area contributed by atoms with E-state index >= 15 is 0 Å². The maximum Gasteiger partial charge on any atom is 0.306 e. The predicted molar refractivity (Wildman–Crippen MR) is 56.6 cm³/mol. The van der Waals surface area contributed by atoms with Gasteiger partial charge >= 0.3 is 5.69 Å². The van der Waals surface area contributed by atoms with Crippen molar-refractivity contribution in [3.63, 3.8) is 0 Å². The summed E-state index contributed by atoms with van der Waals surface area (Å²) in [6.07, 6.45) is 2.71. The van der Waals surface area contributed by atoms with Gasteiger partial charge in [0, 0.05) is 6.54 Å². The van der Waals surface area contributed by atoms with E-state index in [0.717, 1.165) is 13.1 Å². The van der Waals surface area contributed by atoms with Gasteiger partial charge in [-0.3, -0.25) is 14.8 Å². The molecule has 0 unspecified atom stereocenters. The van der Waals surface area contributed by atoms with Crippen LogP contribution in [0, 0.1) is 16.0 Å². The fraction of sp³-hybridized carbons (Fsp3) is 0.667. The van der Waals surface area contributed by atoms with Crippen LogP contribution in [0.2, 0.25) is 0 Å². The smallest absolute Gasteiger partial charge is 0.306 e. The average Bonchev–Trinajstić information content (AvgIpc) is 2.60. The molecule has 1 aromatic rings. The van der Waals surface area contributed by atoms with Gasteiger partial charge in [-0.05, 0) is 12.5 Å². The molecule has 0 aliphatic rings. The molecule has 0 saturated heterocycles. The molecule has 0 aliphatic heterocycles. The number of hydrogen-bond acceptors (Lipinski definition) is 4. The van der Waals surface area contributed by atoms with Crippen molar-refractivity contribution in [3.05, 3.63) is 22.5 Å². The van der Waals surface area contributed by atoms with E-state index in [-0.39, 0.29) is 5.69 Å². The van der Waals surface area contributed by atoms with Gasteiger partial charge in [0.15, 0.2) is 0 Å². The van der Waals surface area contributed by atoms with Crippen LogP contribution in [-0.2, 0) is 6.54 Å². The first-order valence-electron chi connectivity index (χ1n) is 4.97. The van der Waals surface area contributed by atoms with Gasteiger partial charge in [0.25, 0.3) is 0 Å². The first-order chi connectivity index (χ1) is 7.09. The van der Waals surface area contributed by atoms with Crippen molar-refractivity contribution in [1.29, 1.82) is 0 Å². The van der Waals surface area contributed by atoms with Gasteiger partial charge < -0.3 is 5.32 Å². The molecule has 0 atom stereocenters. The van der Waals surface area contributed by atoms with Gasteiger partial charge in [0.1, 0.15) is 12.4 Å². The van der Waals surface area contributed by atoms with Crippen LogP contribution >= 0.6 is 0 Å². The first kappa shape index (κ1) is 11.6. The second-order valence-electron chi connectivity index (χ2n) is 3.82. The zero-order valence-corrected chi connectivity index (χ0v) is 9.01. The Kier molecular flexibility index (Phi) is 4.23. The summed E-state index contributed by atoms with van der Waals surface area (Å²) < 4.78 is 1.57. The van der Waals surface area contributed by atoms with Gasteiger partial charge in [0.2, 0.25) is 0 Å². The van der Waals surface area contributed by atoms with E-state index in [1.165, 1.54) is 12.4 Å². The third-order valence-electron chi connectivity index (χ3n) is 1.90. The molecule has 1 heterocycles. The molecule has 0 fully saturated rings. The van der Waals surface area contributed by atoms with Gasteiger partial charge in [-0.2, -0.15) is 5.10 Å². The summed E-state index contributed by atoms with van der Waals surface area (Å²) in [5.74, 6) is 0.608. The Balaban J connectivity index is 2.29. The van der Waals surface area contributed by atoms with E-state index in [0.29, 0.717) is 12.5 Å². The minimum absolute atomic E-state index is 0.0406. The summed E-state index contributed by atoms with van der Waals surface area (Å²) in [5.41, 5.74) is 0.0406. The molecule has 6 nitrogen and oxygen atoms in total. The van der Waals surface area contributed by atoms with Crippen LogP contribution < -0.4 is 5.32 Å². The summed E-state index contributed by atoms with van der Waals surface area (Å²) >= 11 is 0. The number of aromatic nitrogens is 2. The highest BCUT2D eigenvalue weighted by Gasteiger charge is 2.07. The lowest BCUT2D eigenvalue weighted by Gasteiger charge is -2.06. The van der Waals surface area contributed by atoms with E-state index < -0.39 is 4.92 Å². The molecule has 15 heavy (non-hydrogen) atoms. The van der Waals surface area contributed by atoms with Crippen LogP contribution in [0.1, 0.15) is 13.8 Å². The fourth-order valence-electron chi connectivity index (χ4n) is 1.15. The van der Waals surface area contributed by atoms with E-state index in [1.807, 2.05) is 0 Å². The van der Waals surface area contributed by atoms with Gasteiger partial charge in [-0.15, -0.1) is 0 Å². The van der Waals surface area contributed by atoms with Crippen molar-refractivity contribution >= 4 is 5.69 Å². The van der Waals surface area contributed by atoms with Crippen LogP contribution in [0.5, 0.6) is 0 Å². The van der Waals surface area contributed by atoms with Crippen molar-refractivity contribution in [2.45, 2.75) is 20.4 Å². The lowest BCUT2D eigenvalue weighted by atomic mass is 10.2. The molecule has 0 aliphatic carbocycles. The minimum Gasteiger partial charge on any atom is -0.315 e. The number of nitrogens with zero attached hydrogens (tertiary/aromatic N) is 3. The Morgan fingerprint density at radius 3 is 2.93 bits per heavy atom. The van der Waals surface area contributed by atoms with E-state index in [1.54, 1.807) is 4.68 Å². The molecular weight excluding hydrogens is 196 g/mol. The molecule has 0 saturated carbocycles. The maximum absolute atomic E-state index is 10.4. The third-order valence-corrected chi connectivity index (χ3v) is 1.90. The molecule has 1 rings (SSSR count).